The largest absolute Gasteiger partial charge is 0.368 e. The highest BCUT2D eigenvalue weighted by molar-refractivity contribution is 5.90. The molecule has 0 aromatic heterocycles. The van der Waals surface area contributed by atoms with Gasteiger partial charge in [-0.1, -0.05) is 43.2 Å². The first kappa shape index (κ1) is 15.1. The molecule has 1 aliphatic carbocycles. The van der Waals surface area contributed by atoms with Gasteiger partial charge in [-0.3, -0.25) is 9.59 Å². The normalized spacial score (nSPS) is 23.6. The van der Waals surface area contributed by atoms with Gasteiger partial charge in [0.15, 0.2) is 0 Å². The van der Waals surface area contributed by atoms with E-state index in [-0.39, 0.29) is 17.7 Å². The van der Waals surface area contributed by atoms with Crippen molar-refractivity contribution in [2.45, 2.75) is 50.5 Å². The van der Waals surface area contributed by atoms with Crippen LogP contribution in [0.15, 0.2) is 30.3 Å². The number of nitrogens with zero attached hydrogens (tertiary/aromatic N) is 1. The van der Waals surface area contributed by atoms with Gasteiger partial charge < -0.3 is 10.6 Å². The molecule has 4 heteroatoms. The van der Waals surface area contributed by atoms with Crippen LogP contribution in [0.4, 0.5) is 0 Å². The van der Waals surface area contributed by atoms with Crippen LogP contribution in [-0.4, -0.2) is 29.3 Å². The van der Waals surface area contributed by atoms with E-state index in [1.807, 2.05) is 30.3 Å². The summed E-state index contributed by atoms with van der Waals surface area (Å²) in [6, 6.07) is 9.61. The SMILES string of the molecule is NC(=O)C1CCCN1C(=O)C(c1ccccc1)C1CCCC1. The molecule has 4 nitrogen and oxygen atoms in total. The summed E-state index contributed by atoms with van der Waals surface area (Å²) in [7, 11) is 0. The fourth-order valence-corrected chi connectivity index (χ4v) is 4.07. The molecule has 2 N–H and O–H groups in total. The molecule has 1 saturated heterocycles. The van der Waals surface area contributed by atoms with E-state index in [0.29, 0.717) is 18.9 Å². The summed E-state index contributed by atoms with van der Waals surface area (Å²) in [5.41, 5.74) is 6.56. The maximum absolute atomic E-state index is 13.2. The first-order valence-corrected chi connectivity index (χ1v) is 8.33. The Balaban J connectivity index is 1.88. The fourth-order valence-electron chi connectivity index (χ4n) is 4.07. The zero-order chi connectivity index (χ0) is 15.5. The number of carbonyl (C=O) groups is 2. The average Bonchev–Trinajstić information content (AvgIpc) is 3.20. The van der Waals surface area contributed by atoms with Crippen molar-refractivity contribution in [2.24, 2.45) is 11.7 Å². The van der Waals surface area contributed by atoms with Crippen LogP contribution in [0.3, 0.4) is 0 Å². The molecular weight excluding hydrogens is 276 g/mol. The number of primary amides is 1. The van der Waals surface area contributed by atoms with Crippen LogP contribution >= 0.6 is 0 Å². The molecule has 0 spiro atoms. The third-order valence-electron chi connectivity index (χ3n) is 5.16. The molecule has 2 fully saturated rings. The molecule has 1 heterocycles. The van der Waals surface area contributed by atoms with Gasteiger partial charge in [-0.25, -0.2) is 0 Å². The van der Waals surface area contributed by atoms with Gasteiger partial charge >= 0.3 is 0 Å². The van der Waals surface area contributed by atoms with Gasteiger partial charge in [0, 0.05) is 6.54 Å². The summed E-state index contributed by atoms with van der Waals surface area (Å²) in [4.78, 5) is 26.5. The highest BCUT2D eigenvalue weighted by Gasteiger charge is 2.40. The molecule has 3 rings (SSSR count). The van der Waals surface area contributed by atoms with E-state index in [1.54, 1.807) is 4.90 Å². The van der Waals surface area contributed by atoms with Gasteiger partial charge in [-0.15, -0.1) is 0 Å². The summed E-state index contributed by atoms with van der Waals surface area (Å²) in [6.07, 6.45) is 6.15. The molecule has 2 atom stereocenters. The molecule has 0 radical (unpaired) electrons. The van der Waals surface area contributed by atoms with Crippen LogP contribution in [-0.2, 0) is 9.59 Å². The lowest BCUT2D eigenvalue weighted by Gasteiger charge is -2.30. The number of amides is 2. The molecule has 1 saturated carbocycles. The van der Waals surface area contributed by atoms with Crippen LogP contribution in [0.5, 0.6) is 0 Å². The molecule has 22 heavy (non-hydrogen) atoms. The van der Waals surface area contributed by atoms with Crippen molar-refractivity contribution in [3.05, 3.63) is 35.9 Å². The van der Waals surface area contributed by atoms with E-state index in [4.69, 9.17) is 5.73 Å². The van der Waals surface area contributed by atoms with Crippen LogP contribution < -0.4 is 5.73 Å². The summed E-state index contributed by atoms with van der Waals surface area (Å²) in [6.45, 7) is 0.655. The van der Waals surface area contributed by atoms with Gasteiger partial charge in [0.25, 0.3) is 0 Å². The Morgan fingerprint density at radius 1 is 1.05 bits per heavy atom. The third kappa shape index (κ3) is 2.87. The van der Waals surface area contributed by atoms with E-state index >= 15 is 0 Å². The third-order valence-corrected chi connectivity index (χ3v) is 5.16. The Hall–Kier alpha value is -1.84. The standard InChI is InChI=1S/C18H24N2O2/c19-17(21)15-11-6-12-20(15)18(22)16(14-9-4-5-10-14)13-7-2-1-3-8-13/h1-3,7-8,14-16H,4-6,9-12H2,(H2,19,21). The van der Waals surface area contributed by atoms with Crippen molar-refractivity contribution >= 4 is 11.8 Å². The molecule has 2 aliphatic rings. The van der Waals surface area contributed by atoms with Gasteiger partial charge in [-0.05, 0) is 37.2 Å². The minimum absolute atomic E-state index is 0.0967. The molecule has 2 unspecified atom stereocenters. The highest BCUT2D eigenvalue weighted by Crippen LogP contribution is 2.39. The second kappa shape index (κ2) is 6.51. The number of hydrogen-bond acceptors (Lipinski definition) is 2. The fraction of sp³-hybridized carbons (Fsp3) is 0.556. The highest BCUT2D eigenvalue weighted by atomic mass is 16.2. The summed E-state index contributed by atoms with van der Waals surface area (Å²) in [5.74, 6) is -0.00356. The van der Waals surface area contributed by atoms with Gasteiger partial charge in [0.05, 0.1) is 5.92 Å². The van der Waals surface area contributed by atoms with Crippen LogP contribution in [0.25, 0.3) is 0 Å². The predicted molar refractivity (Wildman–Crippen MR) is 85.1 cm³/mol. The van der Waals surface area contributed by atoms with Crippen LogP contribution in [0.2, 0.25) is 0 Å². The number of likely N-dealkylation sites (tertiary alicyclic amines) is 1. The first-order valence-electron chi connectivity index (χ1n) is 8.33. The summed E-state index contributed by atoms with van der Waals surface area (Å²) >= 11 is 0. The number of benzene rings is 1. The van der Waals surface area contributed by atoms with Gasteiger partial charge in [0.1, 0.15) is 6.04 Å². The molecule has 0 bridgehead atoms. The topological polar surface area (TPSA) is 63.4 Å². The monoisotopic (exact) mass is 300 g/mol. The maximum atomic E-state index is 13.2. The minimum Gasteiger partial charge on any atom is -0.368 e. The molecule has 118 valence electrons. The lowest BCUT2D eigenvalue weighted by atomic mass is 9.83. The van der Waals surface area contributed by atoms with Gasteiger partial charge in [0.2, 0.25) is 11.8 Å². The second-order valence-electron chi connectivity index (χ2n) is 6.52. The Kier molecular flexibility index (Phi) is 4.46. The quantitative estimate of drug-likeness (QED) is 0.928. The van der Waals surface area contributed by atoms with Crippen molar-refractivity contribution < 1.29 is 9.59 Å². The predicted octanol–water partition coefficient (Wildman–Crippen LogP) is 2.44. The van der Waals surface area contributed by atoms with Crippen molar-refractivity contribution in [1.29, 1.82) is 0 Å². The van der Waals surface area contributed by atoms with Crippen molar-refractivity contribution in [3.8, 4) is 0 Å². The number of hydrogen-bond donors (Lipinski definition) is 1. The number of carbonyl (C=O) groups excluding carboxylic acids is 2. The van der Waals surface area contributed by atoms with Crippen molar-refractivity contribution in [2.75, 3.05) is 6.54 Å². The lowest BCUT2D eigenvalue weighted by Crippen LogP contribution is -2.46. The molecular formula is C18H24N2O2. The average molecular weight is 300 g/mol. The smallest absolute Gasteiger partial charge is 0.240 e. The van der Waals surface area contributed by atoms with Crippen molar-refractivity contribution in [1.82, 2.24) is 4.90 Å². The molecule has 1 aromatic rings. The maximum Gasteiger partial charge on any atom is 0.240 e. The van der Waals surface area contributed by atoms with Gasteiger partial charge in [-0.2, -0.15) is 0 Å². The zero-order valence-corrected chi connectivity index (χ0v) is 12.9. The zero-order valence-electron chi connectivity index (χ0n) is 12.9. The number of nitrogens with two attached hydrogens (primary N) is 1. The van der Waals surface area contributed by atoms with E-state index in [2.05, 4.69) is 0 Å². The first-order chi connectivity index (χ1) is 10.7. The Labute approximate surface area is 131 Å². The Morgan fingerprint density at radius 2 is 1.73 bits per heavy atom. The minimum atomic E-state index is -0.417. The summed E-state index contributed by atoms with van der Waals surface area (Å²) in [5, 5.41) is 0. The summed E-state index contributed by atoms with van der Waals surface area (Å²) < 4.78 is 0. The van der Waals surface area contributed by atoms with Crippen molar-refractivity contribution in [3.63, 3.8) is 0 Å². The lowest BCUT2D eigenvalue weighted by molar-refractivity contribution is -0.139. The Morgan fingerprint density at radius 3 is 2.36 bits per heavy atom. The molecule has 2 amide bonds. The van der Waals surface area contributed by atoms with E-state index < -0.39 is 6.04 Å². The van der Waals surface area contributed by atoms with E-state index in [1.165, 1.54) is 12.8 Å². The molecule has 1 aliphatic heterocycles. The van der Waals surface area contributed by atoms with E-state index in [0.717, 1.165) is 24.8 Å². The second-order valence-corrected chi connectivity index (χ2v) is 6.52. The van der Waals surface area contributed by atoms with E-state index in [9.17, 15) is 9.59 Å². The van der Waals surface area contributed by atoms with Crippen LogP contribution in [0.1, 0.15) is 50.0 Å². The van der Waals surface area contributed by atoms with Crippen LogP contribution in [0, 0.1) is 5.92 Å². The Bertz CT molecular complexity index is 537. The number of rotatable bonds is 4. The molecule has 1 aromatic carbocycles.